The predicted molar refractivity (Wildman–Crippen MR) is 73.4 cm³/mol. The Morgan fingerprint density at radius 3 is 2.67 bits per heavy atom. The van der Waals surface area contributed by atoms with Crippen molar-refractivity contribution >= 4 is 17.6 Å². The van der Waals surface area contributed by atoms with Crippen molar-refractivity contribution < 1.29 is 23.8 Å². The Labute approximate surface area is 121 Å². The summed E-state index contributed by atoms with van der Waals surface area (Å²) in [6, 6.07) is 5.11. The fourth-order valence-electron chi connectivity index (χ4n) is 2.29. The molecule has 0 aliphatic carbocycles. The lowest BCUT2D eigenvalue weighted by molar-refractivity contribution is -0.143. The van der Waals surface area contributed by atoms with Crippen LogP contribution in [0, 0.1) is 11.7 Å². The molecule has 1 heterocycles. The van der Waals surface area contributed by atoms with Gasteiger partial charge in [-0.1, -0.05) is 0 Å². The van der Waals surface area contributed by atoms with Crippen molar-refractivity contribution in [2.24, 2.45) is 5.92 Å². The number of hydrogen-bond donors (Lipinski definition) is 2. The number of ether oxygens (including phenoxy) is 1. The molecule has 1 saturated heterocycles. The second-order valence-electron chi connectivity index (χ2n) is 5.02. The Morgan fingerprint density at radius 2 is 2.05 bits per heavy atom. The van der Waals surface area contributed by atoms with Gasteiger partial charge in [0.1, 0.15) is 5.82 Å². The number of halogens is 1. The van der Waals surface area contributed by atoms with Gasteiger partial charge in [-0.25, -0.2) is 4.39 Å². The number of amides is 1. The first-order valence-electron chi connectivity index (χ1n) is 6.53. The van der Waals surface area contributed by atoms with Gasteiger partial charge in [-0.05, 0) is 31.3 Å². The van der Waals surface area contributed by atoms with Gasteiger partial charge < -0.3 is 15.2 Å². The number of carboxylic acids is 1. The molecule has 2 atom stereocenters. The molecule has 7 heteroatoms. The number of carboxylic acid groups (broad SMARTS) is 1. The van der Waals surface area contributed by atoms with Gasteiger partial charge >= 0.3 is 5.97 Å². The van der Waals surface area contributed by atoms with Crippen molar-refractivity contribution in [1.29, 1.82) is 0 Å². The summed E-state index contributed by atoms with van der Waals surface area (Å²) >= 11 is 0. The molecule has 2 rings (SSSR count). The van der Waals surface area contributed by atoms with E-state index in [4.69, 9.17) is 9.84 Å². The van der Waals surface area contributed by atoms with Gasteiger partial charge in [-0.15, -0.1) is 0 Å². The first-order valence-corrected chi connectivity index (χ1v) is 6.53. The van der Waals surface area contributed by atoms with Gasteiger partial charge in [-0.3, -0.25) is 14.5 Å². The summed E-state index contributed by atoms with van der Waals surface area (Å²) < 4.78 is 17.9. The summed E-state index contributed by atoms with van der Waals surface area (Å²) in [6.07, 6.45) is 0. The molecule has 1 fully saturated rings. The first-order chi connectivity index (χ1) is 9.97. The van der Waals surface area contributed by atoms with Gasteiger partial charge in [0.2, 0.25) is 5.91 Å². The van der Waals surface area contributed by atoms with Crippen LogP contribution in [0.1, 0.15) is 0 Å². The normalized spacial score (nSPS) is 21.5. The van der Waals surface area contributed by atoms with Crippen LogP contribution in [-0.2, 0) is 14.3 Å². The molecule has 0 spiro atoms. The Balaban J connectivity index is 1.90. The third-order valence-corrected chi connectivity index (χ3v) is 3.45. The maximum absolute atomic E-state index is 12.8. The second kappa shape index (κ2) is 6.64. The van der Waals surface area contributed by atoms with Crippen molar-refractivity contribution in [3.63, 3.8) is 0 Å². The van der Waals surface area contributed by atoms with E-state index >= 15 is 0 Å². The van der Waals surface area contributed by atoms with E-state index in [1.54, 1.807) is 11.9 Å². The van der Waals surface area contributed by atoms with E-state index in [0.29, 0.717) is 5.69 Å². The molecule has 2 unspecified atom stereocenters. The van der Waals surface area contributed by atoms with Crippen LogP contribution in [0.3, 0.4) is 0 Å². The minimum absolute atomic E-state index is 0.0369. The smallest absolute Gasteiger partial charge is 0.310 e. The summed E-state index contributed by atoms with van der Waals surface area (Å²) in [7, 11) is 1.68. The molecule has 0 bridgehead atoms. The number of likely N-dealkylation sites (N-methyl/N-ethyl adjacent to an activating group) is 1. The van der Waals surface area contributed by atoms with Crippen LogP contribution in [0.4, 0.5) is 10.1 Å². The molecule has 21 heavy (non-hydrogen) atoms. The topological polar surface area (TPSA) is 78.9 Å². The predicted octanol–water partition coefficient (Wildman–Crippen LogP) is 0.796. The number of benzene rings is 1. The van der Waals surface area contributed by atoms with E-state index in [9.17, 15) is 14.0 Å². The average molecular weight is 296 g/mol. The van der Waals surface area contributed by atoms with E-state index in [1.165, 1.54) is 24.3 Å². The molecular formula is C14H17FN2O4. The van der Waals surface area contributed by atoms with Gasteiger partial charge in [0, 0.05) is 11.7 Å². The number of nitrogens with zero attached hydrogens (tertiary/aromatic N) is 1. The van der Waals surface area contributed by atoms with Crippen molar-refractivity contribution in [1.82, 2.24) is 4.90 Å². The number of carbonyl (C=O) groups excluding carboxylic acids is 1. The molecule has 1 aromatic rings. The number of carbonyl (C=O) groups is 2. The molecular weight excluding hydrogens is 279 g/mol. The van der Waals surface area contributed by atoms with E-state index < -0.39 is 11.9 Å². The zero-order valence-corrected chi connectivity index (χ0v) is 11.6. The highest BCUT2D eigenvalue weighted by molar-refractivity contribution is 5.92. The van der Waals surface area contributed by atoms with Gasteiger partial charge in [0.05, 0.1) is 25.7 Å². The lowest BCUT2D eigenvalue weighted by Crippen LogP contribution is -2.44. The van der Waals surface area contributed by atoms with E-state index in [1.807, 2.05) is 0 Å². The highest BCUT2D eigenvalue weighted by Gasteiger charge is 2.37. The largest absolute Gasteiger partial charge is 0.481 e. The van der Waals surface area contributed by atoms with E-state index in [2.05, 4.69) is 5.32 Å². The number of anilines is 1. The number of aliphatic carboxylic acids is 1. The Kier molecular flexibility index (Phi) is 4.87. The standard InChI is InChI=1S/C14H17FN2O4/c1-17(12-8-21-7-11(12)14(19)20)6-13(18)16-10-4-2-9(15)3-5-10/h2-5,11-12H,6-8H2,1H3,(H,16,18)(H,19,20). The van der Waals surface area contributed by atoms with Crippen LogP contribution in [-0.4, -0.2) is 54.7 Å². The lowest BCUT2D eigenvalue weighted by Gasteiger charge is -2.25. The zero-order valence-electron chi connectivity index (χ0n) is 11.6. The maximum atomic E-state index is 12.8. The minimum atomic E-state index is -0.928. The summed E-state index contributed by atoms with van der Waals surface area (Å²) in [5.74, 6) is -2.23. The fourth-order valence-corrected chi connectivity index (χ4v) is 2.29. The van der Waals surface area contributed by atoms with Crippen molar-refractivity contribution in [3.8, 4) is 0 Å². The van der Waals surface area contributed by atoms with Crippen molar-refractivity contribution in [2.75, 3.05) is 32.1 Å². The molecule has 6 nitrogen and oxygen atoms in total. The lowest BCUT2D eigenvalue weighted by atomic mass is 10.0. The quantitative estimate of drug-likeness (QED) is 0.840. The van der Waals surface area contributed by atoms with Crippen molar-refractivity contribution in [2.45, 2.75) is 6.04 Å². The molecule has 0 saturated carbocycles. The van der Waals surface area contributed by atoms with Crippen LogP contribution >= 0.6 is 0 Å². The zero-order chi connectivity index (χ0) is 15.4. The van der Waals surface area contributed by atoms with Gasteiger partial charge in [-0.2, -0.15) is 0 Å². The third-order valence-electron chi connectivity index (χ3n) is 3.45. The Hall–Kier alpha value is -1.99. The molecule has 0 radical (unpaired) electrons. The van der Waals surface area contributed by atoms with Crippen LogP contribution in [0.25, 0.3) is 0 Å². The molecule has 114 valence electrons. The van der Waals surface area contributed by atoms with Crippen LogP contribution in [0.15, 0.2) is 24.3 Å². The monoisotopic (exact) mass is 296 g/mol. The molecule has 1 aliphatic rings. The van der Waals surface area contributed by atoms with Crippen LogP contribution in [0.5, 0.6) is 0 Å². The average Bonchev–Trinajstić information content (AvgIpc) is 2.91. The summed E-state index contributed by atoms with van der Waals surface area (Å²) in [6.45, 7) is 0.483. The molecule has 1 amide bonds. The number of hydrogen-bond acceptors (Lipinski definition) is 4. The molecule has 1 aliphatic heterocycles. The second-order valence-corrected chi connectivity index (χ2v) is 5.02. The van der Waals surface area contributed by atoms with Gasteiger partial charge in [0.25, 0.3) is 0 Å². The Bertz CT molecular complexity index is 520. The molecule has 0 aromatic heterocycles. The molecule has 2 N–H and O–H groups in total. The summed E-state index contributed by atoms with van der Waals surface area (Å²) in [5.41, 5.74) is 0.493. The molecule has 1 aromatic carbocycles. The number of nitrogens with one attached hydrogen (secondary N) is 1. The van der Waals surface area contributed by atoms with Crippen molar-refractivity contribution in [3.05, 3.63) is 30.1 Å². The maximum Gasteiger partial charge on any atom is 0.310 e. The number of rotatable bonds is 5. The highest BCUT2D eigenvalue weighted by Crippen LogP contribution is 2.19. The van der Waals surface area contributed by atoms with Gasteiger partial charge in [0.15, 0.2) is 0 Å². The first kappa shape index (κ1) is 15.4. The highest BCUT2D eigenvalue weighted by atomic mass is 19.1. The van der Waals surface area contributed by atoms with Crippen LogP contribution < -0.4 is 5.32 Å². The van der Waals surface area contributed by atoms with E-state index in [0.717, 1.165) is 0 Å². The third kappa shape index (κ3) is 3.99. The van der Waals surface area contributed by atoms with Crippen LogP contribution in [0.2, 0.25) is 0 Å². The fraction of sp³-hybridized carbons (Fsp3) is 0.429. The van der Waals surface area contributed by atoms with E-state index in [-0.39, 0.29) is 37.5 Å². The SMILES string of the molecule is CN(CC(=O)Nc1ccc(F)cc1)C1COCC1C(=O)O. The summed E-state index contributed by atoms with van der Waals surface area (Å²) in [5, 5.41) is 11.7. The Morgan fingerprint density at radius 1 is 1.38 bits per heavy atom. The summed E-state index contributed by atoms with van der Waals surface area (Å²) in [4.78, 5) is 24.6. The minimum Gasteiger partial charge on any atom is -0.481 e.